The van der Waals surface area contributed by atoms with Crippen LogP contribution in [0.2, 0.25) is 0 Å². The lowest BCUT2D eigenvalue weighted by Gasteiger charge is -2.32. The van der Waals surface area contributed by atoms with Gasteiger partial charge >= 0.3 is 0 Å². The molecule has 0 spiro atoms. The Morgan fingerprint density at radius 3 is 2.70 bits per heavy atom. The van der Waals surface area contributed by atoms with E-state index in [4.69, 9.17) is 9.84 Å². The molecule has 1 aromatic carbocycles. The molecule has 0 radical (unpaired) electrons. The van der Waals surface area contributed by atoms with Crippen LogP contribution in [0.1, 0.15) is 59.7 Å². The zero-order valence-electron chi connectivity index (χ0n) is 17.8. The van der Waals surface area contributed by atoms with E-state index in [1.165, 1.54) is 11.3 Å². The van der Waals surface area contributed by atoms with E-state index in [-0.39, 0.29) is 5.56 Å². The summed E-state index contributed by atoms with van der Waals surface area (Å²) in [6.45, 7) is 6.03. The van der Waals surface area contributed by atoms with Crippen LogP contribution in [-0.2, 0) is 24.1 Å². The number of alkyl halides is 2. The van der Waals surface area contributed by atoms with E-state index in [9.17, 15) is 8.78 Å². The SMILES string of the molecule is Cc1cc2c(cc1C(F)F)N(c1nn(C3CCOCC3)c3c1CN(C)CC3)CCC2. The lowest BCUT2D eigenvalue weighted by atomic mass is 9.95. The van der Waals surface area contributed by atoms with Gasteiger partial charge < -0.3 is 14.5 Å². The average Bonchev–Trinajstić information content (AvgIpc) is 3.11. The van der Waals surface area contributed by atoms with E-state index < -0.39 is 6.43 Å². The summed E-state index contributed by atoms with van der Waals surface area (Å²) in [7, 11) is 2.14. The summed E-state index contributed by atoms with van der Waals surface area (Å²) < 4.78 is 35.1. The number of nitrogens with zero attached hydrogens (tertiary/aromatic N) is 4. The Balaban J connectivity index is 1.61. The normalized spacial score (nSPS) is 20.5. The summed E-state index contributed by atoms with van der Waals surface area (Å²) in [5.74, 6) is 0.966. The maximum absolute atomic E-state index is 13.6. The zero-order valence-corrected chi connectivity index (χ0v) is 17.8. The van der Waals surface area contributed by atoms with Gasteiger partial charge in [0.05, 0.1) is 6.04 Å². The van der Waals surface area contributed by atoms with E-state index in [0.29, 0.717) is 11.6 Å². The van der Waals surface area contributed by atoms with Crippen molar-refractivity contribution in [3.63, 3.8) is 0 Å². The molecule has 7 heteroatoms. The Hall–Kier alpha value is -1.99. The molecule has 0 atom stereocenters. The molecular weight excluding hydrogens is 386 g/mol. The van der Waals surface area contributed by atoms with Crippen molar-refractivity contribution < 1.29 is 13.5 Å². The second-order valence-corrected chi connectivity index (χ2v) is 8.92. The minimum Gasteiger partial charge on any atom is -0.381 e. The molecule has 162 valence electrons. The zero-order chi connectivity index (χ0) is 20.8. The highest BCUT2D eigenvalue weighted by molar-refractivity contribution is 5.70. The minimum atomic E-state index is -2.46. The Morgan fingerprint density at radius 2 is 1.93 bits per heavy atom. The van der Waals surface area contributed by atoms with Crippen LogP contribution >= 0.6 is 0 Å². The number of rotatable bonds is 3. The van der Waals surface area contributed by atoms with Gasteiger partial charge in [0, 0.05) is 61.8 Å². The molecule has 1 saturated heterocycles. The van der Waals surface area contributed by atoms with Crippen molar-refractivity contribution >= 4 is 11.5 Å². The van der Waals surface area contributed by atoms with Crippen LogP contribution in [0.3, 0.4) is 0 Å². The Bertz CT molecular complexity index is 936. The third kappa shape index (κ3) is 3.42. The molecule has 0 aliphatic carbocycles. The fourth-order valence-corrected chi connectivity index (χ4v) is 5.24. The summed E-state index contributed by atoms with van der Waals surface area (Å²) in [6.07, 6.45) is 2.42. The molecule has 1 fully saturated rings. The predicted octanol–water partition coefficient (Wildman–Crippen LogP) is 4.55. The fraction of sp³-hybridized carbons (Fsp3) is 0.609. The monoisotopic (exact) mass is 416 g/mol. The molecule has 4 heterocycles. The van der Waals surface area contributed by atoms with Crippen LogP contribution in [0.25, 0.3) is 0 Å². The van der Waals surface area contributed by atoms with Crippen LogP contribution in [0.5, 0.6) is 0 Å². The molecule has 5 rings (SSSR count). The van der Waals surface area contributed by atoms with Crippen LogP contribution < -0.4 is 4.90 Å². The first-order chi connectivity index (χ1) is 14.5. The lowest BCUT2D eigenvalue weighted by Crippen LogP contribution is -2.30. The first kappa shape index (κ1) is 19.9. The molecule has 0 amide bonds. The number of hydrogen-bond acceptors (Lipinski definition) is 4. The summed E-state index contributed by atoms with van der Waals surface area (Å²) in [6, 6.07) is 4.03. The maximum Gasteiger partial charge on any atom is 0.264 e. The number of likely N-dealkylation sites (N-methyl/N-ethyl adjacent to an activating group) is 1. The lowest BCUT2D eigenvalue weighted by molar-refractivity contribution is 0.0651. The Kier molecular flexibility index (Phi) is 5.27. The summed E-state index contributed by atoms with van der Waals surface area (Å²) >= 11 is 0. The molecule has 3 aliphatic heterocycles. The second-order valence-electron chi connectivity index (χ2n) is 8.92. The largest absolute Gasteiger partial charge is 0.381 e. The number of halogens is 2. The molecule has 30 heavy (non-hydrogen) atoms. The third-order valence-corrected chi connectivity index (χ3v) is 6.87. The van der Waals surface area contributed by atoms with Crippen molar-refractivity contribution in [2.24, 2.45) is 0 Å². The Labute approximate surface area is 176 Å². The molecule has 5 nitrogen and oxygen atoms in total. The van der Waals surface area contributed by atoms with Crippen molar-refractivity contribution in [3.05, 3.63) is 40.1 Å². The van der Waals surface area contributed by atoms with Gasteiger partial charge in [-0.2, -0.15) is 5.10 Å². The highest BCUT2D eigenvalue weighted by Crippen LogP contribution is 2.41. The predicted molar refractivity (Wildman–Crippen MR) is 113 cm³/mol. The first-order valence-electron chi connectivity index (χ1n) is 11.1. The molecule has 0 bridgehead atoms. The number of aromatic nitrogens is 2. The molecule has 0 N–H and O–H groups in total. The standard InChI is InChI=1S/C23H30F2N4O/c1-15-12-16-4-3-8-28(21(16)13-18(15)22(24)25)23-19-14-27(2)9-5-20(19)29(26-23)17-6-10-30-11-7-17/h12-13,17,22H,3-11,14H2,1-2H3. The smallest absolute Gasteiger partial charge is 0.264 e. The van der Waals surface area contributed by atoms with Gasteiger partial charge in [0.1, 0.15) is 0 Å². The second kappa shape index (κ2) is 7.93. The van der Waals surface area contributed by atoms with Gasteiger partial charge in [0.25, 0.3) is 6.43 Å². The van der Waals surface area contributed by atoms with Gasteiger partial charge in [-0.05, 0) is 56.8 Å². The van der Waals surface area contributed by atoms with Crippen LogP contribution in [-0.4, -0.2) is 48.0 Å². The van der Waals surface area contributed by atoms with Crippen LogP contribution in [0.4, 0.5) is 20.3 Å². The fourth-order valence-electron chi connectivity index (χ4n) is 5.24. The number of hydrogen-bond donors (Lipinski definition) is 0. The molecule has 2 aromatic rings. The summed E-state index contributed by atoms with van der Waals surface area (Å²) in [5, 5.41) is 5.14. The Morgan fingerprint density at radius 1 is 1.13 bits per heavy atom. The van der Waals surface area contributed by atoms with Crippen molar-refractivity contribution in [1.29, 1.82) is 0 Å². The third-order valence-electron chi connectivity index (χ3n) is 6.87. The van der Waals surface area contributed by atoms with Crippen molar-refractivity contribution in [2.75, 3.05) is 38.3 Å². The van der Waals surface area contributed by atoms with E-state index in [2.05, 4.69) is 21.5 Å². The molecule has 0 unspecified atom stereocenters. The van der Waals surface area contributed by atoms with Gasteiger partial charge in [0.2, 0.25) is 0 Å². The number of aryl methyl sites for hydroxylation is 2. The molecule has 1 aromatic heterocycles. The van der Waals surface area contributed by atoms with Crippen molar-refractivity contribution in [3.8, 4) is 0 Å². The van der Waals surface area contributed by atoms with Crippen LogP contribution in [0, 0.1) is 6.92 Å². The minimum absolute atomic E-state index is 0.135. The van der Waals surface area contributed by atoms with Crippen molar-refractivity contribution in [2.45, 2.75) is 58.0 Å². The van der Waals surface area contributed by atoms with E-state index in [0.717, 1.165) is 82.0 Å². The quantitative estimate of drug-likeness (QED) is 0.735. The summed E-state index contributed by atoms with van der Waals surface area (Å²) in [4.78, 5) is 4.53. The number of anilines is 2. The average molecular weight is 417 g/mol. The van der Waals surface area contributed by atoms with Gasteiger partial charge in [-0.25, -0.2) is 8.78 Å². The highest BCUT2D eigenvalue weighted by Gasteiger charge is 2.32. The van der Waals surface area contributed by atoms with E-state index in [1.54, 1.807) is 13.0 Å². The van der Waals surface area contributed by atoms with Gasteiger partial charge in [-0.1, -0.05) is 6.07 Å². The highest BCUT2D eigenvalue weighted by atomic mass is 19.3. The van der Waals surface area contributed by atoms with Gasteiger partial charge in [-0.15, -0.1) is 0 Å². The number of ether oxygens (including phenoxy) is 1. The summed E-state index contributed by atoms with van der Waals surface area (Å²) in [5.41, 5.74) is 5.47. The molecular formula is C23H30F2N4O. The maximum atomic E-state index is 13.6. The number of fused-ring (bicyclic) bond motifs is 2. The van der Waals surface area contributed by atoms with Crippen LogP contribution in [0.15, 0.2) is 12.1 Å². The van der Waals surface area contributed by atoms with Gasteiger partial charge in [-0.3, -0.25) is 4.68 Å². The number of benzene rings is 1. The van der Waals surface area contributed by atoms with Gasteiger partial charge in [0.15, 0.2) is 5.82 Å². The first-order valence-corrected chi connectivity index (χ1v) is 11.1. The van der Waals surface area contributed by atoms with Crippen molar-refractivity contribution in [1.82, 2.24) is 14.7 Å². The van der Waals surface area contributed by atoms with E-state index in [1.807, 2.05) is 6.07 Å². The molecule has 0 saturated carbocycles. The topological polar surface area (TPSA) is 33.5 Å². The van der Waals surface area contributed by atoms with E-state index >= 15 is 0 Å². The molecule has 3 aliphatic rings.